The van der Waals surface area contributed by atoms with Gasteiger partial charge in [0, 0.05) is 25.2 Å². The molecule has 0 aliphatic carbocycles. The summed E-state index contributed by atoms with van der Waals surface area (Å²) in [5.74, 6) is -0.291. The maximum atomic E-state index is 12.6. The van der Waals surface area contributed by atoms with E-state index in [9.17, 15) is 13.6 Å². The average molecular weight is 296 g/mol. The first-order chi connectivity index (χ1) is 10.1. The summed E-state index contributed by atoms with van der Waals surface area (Å²) in [4.78, 5) is 14.3. The first kappa shape index (κ1) is 14.3. The Labute approximate surface area is 122 Å². The van der Waals surface area contributed by atoms with Gasteiger partial charge in [-0.1, -0.05) is 12.1 Å². The number of carbonyl (C=O) groups is 1. The normalized spacial score (nSPS) is 25.0. The second kappa shape index (κ2) is 5.97. The molecule has 0 spiro atoms. The lowest BCUT2D eigenvalue weighted by Crippen LogP contribution is -2.39. The molecule has 2 saturated heterocycles. The number of hydrogen-bond donors (Lipinski definition) is 1. The number of para-hydroxylation sites is 1. The lowest BCUT2D eigenvalue weighted by molar-refractivity contribution is -0.0502. The lowest BCUT2D eigenvalue weighted by Gasteiger charge is -2.25. The van der Waals surface area contributed by atoms with E-state index in [2.05, 4.69) is 10.1 Å². The van der Waals surface area contributed by atoms with Crippen LogP contribution in [0.15, 0.2) is 24.3 Å². The SMILES string of the molecule is O=C(c1ccccc1OC(F)F)N1CCC2CCC(C1)N2. The predicted octanol–water partition coefficient (Wildman–Crippen LogP) is 2.25. The molecule has 1 aromatic carbocycles. The Bertz CT molecular complexity index is 524. The van der Waals surface area contributed by atoms with E-state index in [-0.39, 0.29) is 17.2 Å². The number of likely N-dealkylation sites (tertiary alicyclic amines) is 1. The summed E-state index contributed by atoms with van der Waals surface area (Å²) in [5, 5.41) is 3.49. The number of fused-ring (bicyclic) bond motifs is 2. The summed E-state index contributed by atoms with van der Waals surface area (Å²) in [5.41, 5.74) is 0.204. The van der Waals surface area contributed by atoms with E-state index in [1.807, 2.05) is 0 Å². The van der Waals surface area contributed by atoms with Crippen LogP contribution in [0.4, 0.5) is 8.78 Å². The van der Waals surface area contributed by atoms with Crippen molar-refractivity contribution in [2.45, 2.75) is 38.0 Å². The van der Waals surface area contributed by atoms with Crippen LogP contribution in [-0.2, 0) is 0 Å². The van der Waals surface area contributed by atoms with Crippen LogP contribution in [0, 0.1) is 0 Å². The summed E-state index contributed by atoms with van der Waals surface area (Å²) < 4.78 is 29.3. The van der Waals surface area contributed by atoms with Gasteiger partial charge in [-0.05, 0) is 31.4 Å². The fraction of sp³-hybridized carbons (Fsp3) is 0.533. The van der Waals surface area contributed by atoms with Crippen LogP contribution in [0.1, 0.15) is 29.6 Å². The first-order valence-electron chi connectivity index (χ1n) is 7.22. The largest absolute Gasteiger partial charge is 0.434 e. The van der Waals surface area contributed by atoms with E-state index in [4.69, 9.17) is 0 Å². The van der Waals surface area contributed by atoms with Crippen LogP contribution in [-0.4, -0.2) is 42.6 Å². The van der Waals surface area contributed by atoms with Crippen molar-refractivity contribution in [1.29, 1.82) is 0 Å². The van der Waals surface area contributed by atoms with Crippen molar-refractivity contribution in [3.05, 3.63) is 29.8 Å². The molecule has 3 rings (SSSR count). The molecule has 2 heterocycles. The van der Waals surface area contributed by atoms with E-state index in [1.54, 1.807) is 17.0 Å². The third-order valence-electron chi connectivity index (χ3n) is 4.14. The number of nitrogens with one attached hydrogen (secondary N) is 1. The van der Waals surface area contributed by atoms with Gasteiger partial charge in [-0.15, -0.1) is 0 Å². The van der Waals surface area contributed by atoms with E-state index >= 15 is 0 Å². The molecule has 6 heteroatoms. The Balaban J connectivity index is 1.78. The van der Waals surface area contributed by atoms with Crippen LogP contribution in [0.25, 0.3) is 0 Å². The second-order valence-corrected chi connectivity index (χ2v) is 5.55. The molecule has 114 valence electrons. The molecule has 1 aromatic rings. The van der Waals surface area contributed by atoms with Crippen LogP contribution >= 0.6 is 0 Å². The molecule has 0 saturated carbocycles. The van der Waals surface area contributed by atoms with Crippen LogP contribution in [0.2, 0.25) is 0 Å². The van der Waals surface area contributed by atoms with Gasteiger partial charge in [0.15, 0.2) is 0 Å². The fourth-order valence-electron chi connectivity index (χ4n) is 3.14. The molecular formula is C15H18F2N2O2. The van der Waals surface area contributed by atoms with Crippen LogP contribution in [0.3, 0.4) is 0 Å². The lowest BCUT2D eigenvalue weighted by atomic mass is 10.1. The Kier molecular flexibility index (Phi) is 4.05. The van der Waals surface area contributed by atoms with Crippen LogP contribution < -0.4 is 10.1 Å². The van der Waals surface area contributed by atoms with Gasteiger partial charge >= 0.3 is 6.61 Å². The van der Waals surface area contributed by atoms with E-state index in [0.29, 0.717) is 25.2 Å². The molecule has 21 heavy (non-hydrogen) atoms. The number of halogens is 2. The Morgan fingerprint density at radius 3 is 2.81 bits per heavy atom. The zero-order valence-electron chi connectivity index (χ0n) is 11.6. The minimum absolute atomic E-state index is 0.0557. The molecule has 0 aromatic heterocycles. The van der Waals surface area contributed by atoms with Gasteiger partial charge in [-0.25, -0.2) is 0 Å². The standard InChI is InChI=1S/C15H18F2N2O2/c16-15(17)21-13-4-2-1-3-12(13)14(20)19-8-7-10-5-6-11(9-19)18-10/h1-4,10-11,15,18H,5-9H2. The summed E-state index contributed by atoms with van der Waals surface area (Å²) in [6.45, 7) is -1.66. The highest BCUT2D eigenvalue weighted by molar-refractivity contribution is 5.97. The minimum Gasteiger partial charge on any atom is -0.434 e. The van der Waals surface area contributed by atoms with E-state index in [0.717, 1.165) is 19.3 Å². The highest BCUT2D eigenvalue weighted by atomic mass is 19.3. The summed E-state index contributed by atoms with van der Waals surface area (Å²) in [6.07, 6.45) is 3.11. The highest BCUT2D eigenvalue weighted by Gasteiger charge is 2.32. The van der Waals surface area contributed by atoms with Gasteiger partial charge in [0.1, 0.15) is 5.75 Å². The summed E-state index contributed by atoms with van der Waals surface area (Å²) in [6, 6.07) is 6.97. The molecule has 1 amide bonds. The van der Waals surface area contributed by atoms with Crippen molar-refractivity contribution in [3.8, 4) is 5.75 Å². The van der Waals surface area contributed by atoms with E-state index < -0.39 is 6.61 Å². The molecule has 2 atom stereocenters. The predicted molar refractivity (Wildman–Crippen MR) is 73.5 cm³/mol. The minimum atomic E-state index is -2.93. The molecule has 2 aliphatic rings. The van der Waals surface area contributed by atoms with Gasteiger partial charge in [-0.3, -0.25) is 4.79 Å². The Morgan fingerprint density at radius 1 is 1.24 bits per heavy atom. The van der Waals surface area contributed by atoms with Gasteiger partial charge < -0.3 is 15.0 Å². The number of nitrogens with zero attached hydrogens (tertiary/aromatic N) is 1. The van der Waals surface area contributed by atoms with Gasteiger partial charge in [0.25, 0.3) is 5.91 Å². The van der Waals surface area contributed by atoms with Gasteiger partial charge in [0.2, 0.25) is 0 Å². The number of hydrogen-bond acceptors (Lipinski definition) is 3. The molecule has 0 radical (unpaired) electrons. The van der Waals surface area contributed by atoms with Crippen molar-refractivity contribution >= 4 is 5.91 Å². The number of rotatable bonds is 3. The maximum Gasteiger partial charge on any atom is 0.387 e. The number of amides is 1. The maximum absolute atomic E-state index is 12.6. The second-order valence-electron chi connectivity index (χ2n) is 5.55. The van der Waals surface area contributed by atoms with Crippen molar-refractivity contribution in [1.82, 2.24) is 10.2 Å². The topological polar surface area (TPSA) is 41.6 Å². The highest BCUT2D eigenvalue weighted by Crippen LogP contribution is 2.25. The zero-order valence-corrected chi connectivity index (χ0v) is 11.6. The van der Waals surface area contributed by atoms with Crippen molar-refractivity contribution < 1.29 is 18.3 Å². The Morgan fingerprint density at radius 2 is 2.00 bits per heavy atom. The van der Waals surface area contributed by atoms with Gasteiger partial charge in [-0.2, -0.15) is 8.78 Å². The van der Waals surface area contributed by atoms with Crippen molar-refractivity contribution in [3.63, 3.8) is 0 Å². The number of benzene rings is 1. The number of ether oxygens (including phenoxy) is 1. The molecule has 2 bridgehead atoms. The molecule has 4 nitrogen and oxygen atoms in total. The average Bonchev–Trinajstić information content (AvgIpc) is 2.77. The molecule has 1 N–H and O–H groups in total. The third-order valence-corrected chi connectivity index (χ3v) is 4.14. The molecule has 2 fully saturated rings. The zero-order chi connectivity index (χ0) is 14.8. The molecular weight excluding hydrogens is 278 g/mol. The molecule has 2 aliphatic heterocycles. The van der Waals surface area contributed by atoms with E-state index in [1.165, 1.54) is 12.1 Å². The smallest absolute Gasteiger partial charge is 0.387 e. The van der Waals surface area contributed by atoms with Crippen molar-refractivity contribution in [2.24, 2.45) is 0 Å². The molecule has 2 unspecified atom stereocenters. The summed E-state index contributed by atoms with van der Waals surface area (Å²) >= 11 is 0. The number of carbonyl (C=O) groups excluding carboxylic acids is 1. The quantitative estimate of drug-likeness (QED) is 0.930. The van der Waals surface area contributed by atoms with Crippen molar-refractivity contribution in [2.75, 3.05) is 13.1 Å². The summed E-state index contributed by atoms with van der Waals surface area (Å²) in [7, 11) is 0. The Hall–Kier alpha value is -1.69. The van der Waals surface area contributed by atoms with Crippen LogP contribution in [0.5, 0.6) is 5.75 Å². The monoisotopic (exact) mass is 296 g/mol. The van der Waals surface area contributed by atoms with Gasteiger partial charge in [0.05, 0.1) is 5.56 Å². The first-order valence-corrected chi connectivity index (χ1v) is 7.22. The number of alkyl halides is 2. The third kappa shape index (κ3) is 3.15. The fourth-order valence-corrected chi connectivity index (χ4v) is 3.14.